The van der Waals surface area contributed by atoms with Crippen LogP contribution in [0.1, 0.15) is 38.8 Å². The molecule has 0 aliphatic carbocycles. The first-order valence-electron chi connectivity index (χ1n) is 20.0. The molecule has 10 rings (SSSR count). The Morgan fingerprint density at radius 2 is 1.20 bits per heavy atom. The number of aromatic nitrogens is 2. The second kappa shape index (κ2) is 15.5. The van der Waals surface area contributed by atoms with Gasteiger partial charge in [-0.1, -0.05) is 129 Å². The second-order valence-electron chi connectivity index (χ2n) is 15.8. The molecule has 9 aromatic rings. The van der Waals surface area contributed by atoms with Crippen LogP contribution in [0.4, 0.5) is 17.1 Å². The Kier molecular flexibility index (Phi) is 10.0. The van der Waals surface area contributed by atoms with E-state index in [-0.39, 0.29) is 27.1 Å². The van der Waals surface area contributed by atoms with Gasteiger partial charge in [-0.15, -0.1) is 27.6 Å². The summed E-state index contributed by atoms with van der Waals surface area (Å²) < 4.78 is 2.28. The number of hydrogen-bond donors (Lipinski definition) is 0. The molecule has 0 saturated carbocycles. The average Bonchev–Trinajstić information content (AvgIpc) is 3.83. The number of hydrogen-bond acceptors (Lipinski definition) is 3. The molecule has 0 spiro atoms. The van der Waals surface area contributed by atoms with Crippen molar-refractivity contribution in [3.63, 3.8) is 0 Å². The molecule has 1 aliphatic rings. The number of benzene rings is 7. The number of pyridine rings is 1. The topological polar surface area (TPSA) is 37.1 Å². The average molecular weight is 947 g/mol. The van der Waals surface area contributed by atoms with E-state index in [0.717, 1.165) is 61.4 Å². The Bertz CT molecular complexity index is 2900. The smallest absolute Gasteiger partial charge is 0.145 e. The summed E-state index contributed by atoms with van der Waals surface area (Å²) in [4.78, 5) is 10.1. The van der Waals surface area contributed by atoms with Crippen molar-refractivity contribution in [2.45, 2.75) is 39.2 Å². The van der Waals surface area contributed by atoms with Gasteiger partial charge in [-0.05, 0) is 88.4 Å². The number of hydroxylamine groups is 1. The van der Waals surface area contributed by atoms with Crippen LogP contribution in [-0.2, 0) is 26.5 Å². The zero-order chi connectivity index (χ0) is 39.4. The minimum Gasteiger partial charge on any atom is -0.319 e. The van der Waals surface area contributed by atoms with E-state index in [2.05, 4.69) is 219 Å². The number of fused-ring (bicyclic) bond motifs is 4. The predicted octanol–water partition coefficient (Wildman–Crippen LogP) is 13.3. The van der Waals surface area contributed by atoms with Crippen LogP contribution in [0.5, 0.6) is 0 Å². The van der Waals surface area contributed by atoms with Crippen molar-refractivity contribution in [1.82, 2.24) is 9.55 Å². The SMILES string of the molecule is CC(C)N1[OH+]N(c2[c-]c(C(C)(C)c3[c-]c4c(cc3)c3ccccc3n4-c3cc(-c4c(-c5ccccc5)cccc4-c4ccccc4)ccn3)ccc2)c2ccccc21.[Pt]. The van der Waals surface area contributed by atoms with Crippen molar-refractivity contribution in [2.75, 3.05) is 10.1 Å². The Balaban J connectivity index is 0.00000449. The first-order valence-corrected chi connectivity index (χ1v) is 20.0. The van der Waals surface area contributed by atoms with Crippen molar-refractivity contribution in [1.29, 1.82) is 0 Å². The maximum absolute atomic E-state index is 5.07. The van der Waals surface area contributed by atoms with Gasteiger partial charge in [-0.2, -0.15) is 46.4 Å². The Hall–Kier alpha value is -6.26. The third-order valence-electron chi connectivity index (χ3n) is 11.5. The summed E-state index contributed by atoms with van der Waals surface area (Å²) in [6.07, 6.45) is 1.94. The van der Waals surface area contributed by atoms with Gasteiger partial charge in [0, 0.05) is 38.5 Å². The molecule has 0 saturated heterocycles. The van der Waals surface area contributed by atoms with Gasteiger partial charge < -0.3 is 4.57 Å². The van der Waals surface area contributed by atoms with Crippen molar-refractivity contribution in [3.8, 4) is 39.2 Å². The van der Waals surface area contributed by atoms with Crippen LogP contribution in [0, 0.1) is 12.1 Å². The van der Waals surface area contributed by atoms with Gasteiger partial charge in [-0.3, -0.25) is 0 Å². The molecule has 7 aromatic carbocycles. The molecular formula is C53H43N4OPt-. The minimum absolute atomic E-state index is 0. The molecule has 5 nitrogen and oxygen atoms in total. The molecule has 0 radical (unpaired) electrons. The van der Waals surface area contributed by atoms with Crippen molar-refractivity contribution >= 4 is 38.9 Å². The van der Waals surface area contributed by atoms with E-state index >= 15 is 0 Å². The molecule has 59 heavy (non-hydrogen) atoms. The van der Waals surface area contributed by atoms with Crippen molar-refractivity contribution in [3.05, 3.63) is 199 Å². The molecule has 0 atom stereocenters. The van der Waals surface area contributed by atoms with Crippen LogP contribution in [0.2, 0.25) is 0 Å². The van der Waals surface area contributed by atoms with Crippen LogP contribution in [0.25, 0.3) is 61.0 Å². The largest absolute Gasteiger partial charge is 0.319 e. The zero-order valence-electron chi connectivity index (χ0n) is 33.4. The van der Waals surface area contributed by atoms with E-state index in [9.17, 15) is 0 Å². The van der Waals surface area contributed by atoms with E-state index in [1.165, 1.54) is 27.8 Å². The Labute approximate surface area is 360 Å². The number of nitrogens with zero attached hydrogens (tertiary/aromatic N) is 4. The van der Waals surface area contributed by atoms with E-state index in [1.807, 2.05) is 11.3 Å². The summed E-state index contributed by atoms with van der Waals surface area (Å²) in [5, 5.41) is 6.39. The molecule has 3 heterocycles. The van der Waals surface area contributed by atoms with E-state index < -0.39 is 5.41 Å². The van der Waals surface area contributed by atoms with Crippen LogP contribution in [0.15, 0.2) is 176 Å². The zero-order valence-corrected chi connectivity index (χ0v) is 35.6. The van der Waals surface area contributed by atoms with Gasteiger partial charge in [0.1, 0.15) is 17.2 Å². The summed E-state index contributed by atoms with van der Waals surface area (Å²) in [6, 6.07) is 68.1. The summed E-state index contributed by atoms with van der Waals surface area (Å²) in [6.45, 7) is 8.84. The molecule has 6 heteroatoms. The van der Waals surface area contributed by atoms with Crippen molar-refractivity contribution in [2.24, 2.45) is 0 Å². The van der Waals surface area contributed by atoms with Gasteiger partial charge in [0.05, 0.1) is 6.04 Å². The molecule has 0 fully saturated rings. The quantitative estimate of drug-likeness (QED) is 0.112. The van der Waals surface area contributed by atoms with Crippen LogP contribution >= 0.6 is 0 Å². The maximum atomic E-state index is 5.07. The molecular weight excluding hydrogens is 904 g/mol. The number of anilines is 3. The molecule has 0 bridgehead atoms. The standard InChI is InChI=1S/C53H42N4O.Pt/c1-36(2)56-48-27-13-14-28-49(48)57(58-56)42-22-15-21-40(34-42)53(3,4)41-29-30-46-45-23-11-12-26-47(45)55(50(46)35-41)51-33-39(31-32-54-51)52-43(37-17-7-5-8-18-37)24-16-25-44(52)38-19-9-6-10-20-38;/h5-33,36H,1-4H3;/q-2;/p+1. The number of rotatable bonds is 8. The van der Waals surface area contributed by atoms with Gasteiger partial charge in [0.15, 0.2) is 0 Å². The summed E-state index contributed by atoms with van der Waals surface area (Å²) in [5.41, 5.74) is 13.8. The predicted molar refractivity (Wildman–Crippen MR) is 239 cm³/mol. The monoisotopic (exact) mass is 946 g/mol. The van der Waals surface area contributed by atoms with Gasteiger partial charge in [0.25, 0.3) is 0 Å². The normalized spacial score (nSPS) is 12.6. The molecule has 2 aromatic heterocycles. The first kappa shape index (κ1) is 38.3. The third-order valence-corrected chi connectivity index (χ3v) is 11.5. The molecule has 1 aliphatic heterocycles. The fourth-order valence-electron chi connectivity index (χ4n) is 8.45. The summed E-state index contributed by atoms with van der Waals surface area (Å²) in [7, 11) is 0. The Morgan fingerprint density at radius 3 is 1.92 bits per heavy atom. The molecule has 1 N–H and O–H groups in total. The van der Waals surface area contributed by atoms with Crippen LogP contribution < -0.4 is 10.1 Å². The fraction of sp³-hybridized carbons (Fsp3) is 0.113. The van der Waals surface area contributed by atoms with Gasteiger partial charge in [-0.25, -0.2) is 4.98 Å². The van der Waals surface area contributed by atoms with Crippen LogP contribution in [-0.4, -0.2) is 20.5 Å². The van der Waals surface area contributed by atoms with Gasteiger partial charge >= 0.3 is 0 Å². The molecule has 0 unspecified atom stereocenters. The number of para-hydroxylation sites is 3. The molecule has 292 valence electrons. The second-order valence-corrected chi connectivity index (χ2v) is 15.8. The maximum Gasteiger partial charge on any atom is 0.145 e. The summed E-state index contributed by atoms with van der Waals surface area (Å²) in [5.74, 6) is 0.842. The van der Waals surface area contributed by atoms with Crippen LogP contribution in [0.3, 0.4) is 0 Å². The minimum atomic E-state index is -0.434. The van der Waals surface area contributed by atoms with E-state index in [4.69, 9.17) is 9.92 Å². The fourth-order valence-corrected chi connectivity index (χ4v) is 8.45. The Morgan fingerprint density at radius 1 is 0.576 bits per heavy atom. The van der Waals surface area contributed by atoms with Gasteiger partial charge in [0.2, 0.25) is 0 Å². The van der Waals surface area contributed by atoms with E-state index in [1.54, 1.807) is 0 Å². The first-order chi connectivity index (χ1) is 28.4. The van der Waals surface area contributed by atoms with E-state index in [0.29, 0.717) is 0 Å². The summed E-state index contributed by atoms with van der Waals surface area (Å²) >= 11 is 0. The molecule has 0 amide bonds. The van der Waals surface area contributed by atoms with Crippen molar-refractivity contribution < 1.29 is 26.0 Å². The third kappa shape index (κ3) is 6.65.